The van der Waals surface area contributed by atoms with Gasteiger partial charge in [-0.15, -0.1) is 11.3 Å². The second-order valence-electron chi connectivity index (χ2n) is 7.25. The maximum Gasteiger partial charge on any atom is 0.321 e. The number of nitro groups is 1. The number of benzene rings is 2. The molecular formula is C22H17ClN2O5S. The molecule has 4 rings (SSSR count). The first kappa shape index (κ1) is 21.2. The molecule has 4 atom stereocenters. The van der Waals surface area contributed by atoms with Gasteiger partial charge in [0, 0.05) is 39.6 Å². The first-order chi connectivity index (χ1) is 14.9. The Morgan fingerprint density at radius 2 is 1.87 bits per heavy atom. The largest absolute Gasteiger partial charge is 0.480 e. The van der Waals surface area contributed by atoms with Crippen LogP contribution in [0.1, 0.15) is 32.8 Å². The fourth-order valence-electron chi connectivity index (χ4n) is 4.15. The van der Waals surface area contributed by atoms with Gasteiger partial charge in [0.25, 0.3) is 5.69 Å². The summed E-state index contributed by atoms with van der Waals surface area (Å²) < 4.78 is 0. The Hall–Kier alpha value is -3.07. The maximum absolute atomic E-state index is 13.7. The van der Waals surface area contributed by atoms with Gasteiger partial charge in [0.1, 0.15) is 6.04 Å². The zero-order chi connectivity index (χ0) is 22.1. The maximum atomic E-state index is 13.7. The molecule has 0 bridgehead atoms. The summed E-state index contributed by atoms with van der Waals surface area (Å²) in [5.41, 5.74) is 0.724. The van der Waals surface area contributed by atoms with Crippen LogP contribution in [-0.2, 0) is 4.79 Å². The van der Waals surface area contributed by atoms with Crippen molar-refractivity contribution in [3.8, 4) is 0 Å². The number of nitrogens with one attached hydrogen (secondary N) is 1. The highest BCUT2D eigenvalue weighted by Crippen LogP contribution is 2.46. The molecule has 2 aromatic carbocycles. The van der Waals surface area contributed by atoms with Crippen LogP contribution in [0.2, 0.25) is 5.02 Å². The molecule has 1 saturated heterocycles. The van der Waals surface area contributed by atoms with Crippen LogP contribution in [0.15, 0.2) is 66.0 Å². The molecule has 2 N–H and O–H groups in total. The van der Waals surface area contributed by atoms with Gasteiger partial charge in [0.2, 0.25) is 0 Å². The number of nitro benzene ring substituents is 1. The minimum absolute atomic E-state index is 0.125. The Morgan fingerprint density at radius 1 is 1.10 bits per heavy atom. The van der Waals surface area contributed by atoms with Crippen molar-refractivity contribution in [1.82, 2.24) is 5.32 Å². The zero-order valence-electron chi connectivity index (χ0n) is 16.0. The van der Waals surface area contributed by atoms with E-state index in [1.54, 1.807) is 42.5 Å². The van der Waals surface area contributed by atoms with Crippen LogP contribution in [0, 0.1) is 16.0 Å². The van der Waals surface area contributed by atoms with E-state index < -0.39 is 34.8 Å². The molecule has 1 aliphatic rings. The van der Waals surface area contributed by atoms with E-state index in [1.165, 1.54) is 29.5 Å². The lowest BCUT2D eigenvalue weighted by Gasteiger charge is -2.23. The van der Waals surface area contributed by atoms with Crippen molar-refractivity contribution in [2.24, 2.45) is 5.92 Å². The highest BCUT2D eigenvalue weighted by molar-refractivity contribution is 7.10. The number of carbonyl (C=O) groups excluding carboxylic acids is 1. The lowest BCUT2D eigenvalue weighted by atomic mass is 9.78. The van der Waals surface area contributed by atoms with Crippen molar-refractivity contribution in [2.75, 3.05) is 0 Å². The normalized spacial score (nSPS) is 22.9. The van der Waals surface area contributed by atoms with Crippen molar-refractivity contribution in [2.45, 2.75) is 18.0 Å². The molecule has 3 aromatic rings. The Labute approximate surface area is 186 Å². The summed E-state index contributed by atoms with van der Waals surface area (Å²) >= 11 is 7.46. The fourth-order valence-corrected chi connectivity index (χ4v) is 5.25. The molecule has 7 nitrogen and oxygen atoms in total. The number of ketones is 1. The topological polar surface area (TPSA) is 110 Å². The predicted octanol–water partition coefficient (Wildman–Crippen LogP) is 4.69. The average molecular weight is 457 g/mol. The Balaban J connectivity index is 1.86. The summed E-state index contributed by atoms with van der Waals surface area (Å²) in [7, 11) is 0. The Bertz CT molecular complexity index is 1150. The number of nitrogens with zero attached hydrogens (tertiary/aromatic N) is 1. The molecule has 0 amide bonds. The summed E-state index contributed by atoms with van der Waals surface area (Å²) in [4.78, 5) is 37.3. The van der Waals surface area contributed by atoms with Crippen LogP contribution in [0.25, 0.3) is 0 Å². The number of hydrogen-bond donors (Lipinski definition) is 2. The van der Waals surface area contributed by atoms with Crippen LogP contribution in [0.4, 0.5) is 5.69 Å². The number of non-ortho nitro benzene ring substituents is 1. The van der Waals surface area contributed by atoms with Gasteiger partial charge < -0.3 is 5.11 Å². The van der Waals surface area contributed by atoms with Crippen LogP contribution in [-0.4, -0.2) is 27.8 Å². The summed E-state index contributed by atoms with van der Waals surface area (Å²) in [6.45, 7) is 0. The molecule has 1 aromatic heterocycles. The van der Waals surface area contributed by atoms with Crippen molar-refractivity contribution >= 4 is 40.4 Å². The highest BCUT2D eigenvalue weighted by atomic mass is 35.5. The minimum Gasteiger partial charge on any atom is -0.480 e. The van der Waals surface area contributed by atoms with E-state index in [4.69, 9.17) is 11.6 Å². The molecule has 1 fully saturated rings. The van der Waals surface area contributed by atoms with Gasteiger partial charge >= 0.3 is 5.97 Å². The number of hydrogen-bond acceptors (Lipinski definition) is 6. The number of halogens is 1. The van der Waals surface area contributed by atoms with E-state index in [0.717, 1.165) is 4.88 Å². The number of thiophene rings is 1. The van der Waals surface area contributed by atoms with Gasteiger partial charge in [-0.25, -0.2) is 0 Å². The van der Waals surface area contributed by atoms with E-state index in [9.17, 15) is 24.8 Å². The van der Waals surface area contributed by atoms with Crippen LogP contribution in [0.5, 0.6) is 0 Å². The van der Waals surface area contributed by atoms with Crippen molar-refractivity contribution < 1.29 is 19.6 Å². The molecule has 158 valence electrons. The molecule has 4 unspecified atom stereocenters. The quantitative estimate of drug-likeness (QED) is 0.316. The first-order valence-corrected chi connectivity index (χ1v) is 10.7. The third-order valence-electron chi connectivity index (χ3n) is 5.45. The second kappa shape index (κ2) is 8.58. The van der Waals surface area contributed by atoms with Crippen molar-refractivity contribution in [3.05, 3.63) is 97.2 Å². The van der Waals surface area contributed by atoms with Crippen LogP contribution < -0.4 is 5.32 Å². The number of Topliss-reactive ketones (excluding diaryl/α,β-unsaturated/α-hetero) is 1. The van der Waals surface area contributed by atoms with E-state index in [2.05, 4.69) is 5.32 Å². The van der Waals surface area contributed by atoms with Gasteiger partial charge in [-0.05, 0) is 29.1 Å². The van der Waals surface area contributed by atoms with Crippen LogP contribution >= 0.6 is 22.9 Å². The molecule has 0 radical (unpaired) electrons. The Morgan fingerprint density at radius 3 is 2.52 bits per heavy atom. The number of carboxylic acid groups (broad SMARTS) is 1. The molecular weight excluding hydrogens is 440 g/mol. The Kier molecular flexibility index (Phi) is 5.86. The molecule has 1 aliphatic heterocycles. The summed E-state index contributed by atoms with van der Waals surface area (Å²) in [5.74, 6) is -2.79. The zero-order valence-corrected chi connectivity index (χ0v) is 17.5. The lowest BCUT2D eigenvalue weighted by Crippen LogP contribution is -2.35. The van der Waals surface area contributed by atoms with Gasteiger partial charge in [-0.1, -0.05) is 41.9 Å². The van der Waals surface area contributed by atoms with E-state index in [0.29, 0.717) is 16.1 Å². The SMILES string of the molecule is O=C(O)C1NC(c2cccc([N+](=O)[O-])c2)C(C(=O)c2cccc(Cl)c2)C1c1cccs1. The second-order valence-corrected chi connectivity index (χ2v) is 8.67. The van der Waals surface area contributed by atoms with Crippen LogP contribution in [0.3, 0.4) is 0 Å². The van der Waals surface area contributed by atoms with Gasteiger partial charge in [-0.2, -0.15) is 0 Å². The van der Waals surface area contributed by atoms with Gasteiger partial charge in [-0.3, -0.25) is 25.0 Å². The number of aliphatic carboxylic acids is 1. The third-order valence-corrected chi connectivity index (χ3v) is 6.66. The molecule has 0 spiro atoms. The summed E-state index contributed by atoms with van der Waals surface area (Å²) in [5, 5.41) is 26.5. The van der Waals surface area contributed by atoms with E-state index in [-0.39, 0.29) is 11.5 Å². The predicted molar refractivity (Wildman–Crippen MR) is 117 cm³/mol. The highest BCUT2D eigenvalue weighted by Gasteiger charge is 2.51. The standard InChI is InChI=1S/C22H17ClN2O5S/c23-14-6-1-5-13(10-14)21(26)18-17(16-8-3-9-31-16)20(22(27)28)24-19(18)12-4-2-7-15(11-12)25(29)30/h1-11,17-20,24H,(H,27,28). The average Bonchev–Trinajstić information content (AvgIpc) is 3.41. The smallest absolute Gasteiger partial charge is 0.321 e. The fraction of sp³-hybridized carbons (Fsp3) is 0.182. The first-order valence-electron chi connectivity index (χ1n) is 9.43. The monoisotopic (exact) mass is 456 g/mol. The molecule has 31 heavy (non-hydrogen) atoms. The molecule has 2 heterocycles. The lowest BCUT2D eigenvalue weighted by molar-refractivity contribution is -0.384. The van der Waals surface area contributed by atoms with E-state index >= 15 is 0 Å². The van der Waals surface area contributed by atoms with Crippen molar-refractivity contribution in [1.29, 1.82) is 0 Å². The minimum atomic E-state index is -1.09. The van der Waals surface area contributed by atoms with Gasteiger partial charge in [0.05, 0.1) is 10.8 Å². The number of rotatable bonds is 6. The van der Waals surface area contributed by atoms with Crippen molar-refractivity contribution in [3.63, 3.8) is 0 Å². The molecule has 0 aliphatic carbocycles. The third kappa shape index (κ3) is 4.10. The number of carbonyl (C=O) groups is 2. The van der Waals surface area contributed by atoms with E-state index in [1.807, 2.05) is 5.38 Å². The molecule has 0 saturated carbocycles. The van der Waals surface area contributed by atoms with Gasteiger partial charge in [0.15, 0.2) is 5.78 Å². The summed E-state index contributed by atoms with van der Waals surface area (Å²) in [6, 6.07) is 14.3. The molecule has 9 heteroatoms. The summed E-state index contributed by atoms with van der Waals surface area (Å²) in [6.07, 6.45) is 0. The number of carboxylic acids is 1.